The van der Waals surface area contributed by atoms with Gasteiger partial charge in [0, 0.05) is 33.6 Å². The van der Waals surface area contributed by atoms with Gasteiger partial charge in [-0.2, -0.15) is 10.2 Å². The maximum atomic E-state index is 4.42. The molecule has 0 spiro atoms. The zero-order valence-corrected chi connectivity index (χ0v) is 13.4. The Morgan fingerprint density at radius 1 is 0.950 bits per heavy atom. The van der Waals surface area contributed by atoms with Gasteiger partial charge in [0.15, 0.2) is 0 Å². The topological polar surface area (TPSA) is 35.6 Å². The van der Waals surface area contributed by atoms with Crippen molar-refractivity contribution in [1.82, 2.24) is 19.6 Å². The van der Waals surface area contributed by atoms with Gasteiger partial charge < -0.3 is 0 Å². The summed E-state index contributed by atoms with van der Waals surface area (Å²) in [7, 11) is 0. The quantitative estimate of drug-likeness (QED) is 0.653. The molecule has 0 N–H and O–H groups in total. The first-order valence-corrected chi connectivity index (χ1v) is 7.62. The minimum absolute atomic E-state index is 0.754. The first-order valence-electron chi connectivity index (χ1n) is 6.54. The van der Waals surface area contributed by atoms with Crippen LogP contribution in [0.1, 0.15) is 12.5 Å². The number of nitrogens with zero attached hydrogens (tertiary/aromatic N) is 4. The van der Waals surface area contributed by atoms with Crippen LogP contribution in [0.15, 0.2) is 49.1 Å². The third-order valence-corrected chi connectivity index (χ3v) is 3.89. The van der Waals surface area contributed by atoms with E-state index in [2.05, 4.69) is 76.4 Å². The largest absolute Gasteiger partial charge is 0.273 e. The lowest BCUT2D eigenvalue weighted by molar-refractivity contribution is 0.654. The average Bonchev–Trinajstić information content (AvgIpc) is 3.09. The molecule has 0 saturated carbocycles. The van der Waals surface area contributed by atoms with Crippen LogP contribution < -0.4 is 0 Å². The van der Waals surface area contributed by atoms with Gasteiger partial charge in [-0.3, -0.25) is 9.36 Å². The maximum Gasteiger partial charge on any atom is 0.0690 e. The molecule has 0 radical (unpaired) electrons. The third-order valence-electron chi connectivity index (χ3n) is 3.17. The molecule has 0 aliphatic carbocycles. The van der Waals surface area contributed by atoms with Crippen molar-refractivity contribution in [3.05, 3.63) is 58.2 Å². The van der Waals surface area contributed by atoms with Crippen LogP contribution >= 0.6 is 22.6 Å². The van der Waals surface area contributed by atoms with Crippen molar-refractivity contribution in [2.45, 2.75) is 20.0 Å². The minimum atomic E-state index is 0.754. The molecule has 0 atom stereocenters. The first kappa shape index (κ1) is 13.4. The van der Waals surface area contributed by atoms with Gasteiger partial charge in [0.05, 0.1) is 18.9 Å². The Morgan fingerprint density at radius 3 is 2.40 bits per heavy atom. The Kier molecular flexibility index (Phi) is 3.86. The van der Waals surface area contributed by atoms with Crippen LogP contribution in [-0.2, 0) is 13.1 Å². The molecule has 2 heterocycles. The van der Waals surface area contributed by atoms with E-state index < -0.39 is 0 Å². The molecule has 0 aliphatic rings. The van der Waals surface area contributed by atoms with Gasteiger partial charge in [-0.25, -0.2) is 0 Å². The second-order valence-corrected chi connectivity index (χ2v) is 5.88. The third kappa shape index (κ3) is 2.92. The number of rotatable bonds is 4. The summed E-state index contributed by atoms with van der Waals surface area (Å²) in [5.74, 6) is 0. The zero-order valence-electron chi connectivity index (χ0n) is 11.2. The molecule has 20 heavy (non-hydrogen) atoms. The van der Waals surface area contributed by atoms with Crippen molar-refractivity contribution in [3.63, 3.8) is 0 Å². The average molecular weight is 378 g/mol. The molecule has 5 heteroatoms. The molecule has 102 valence electrons. The van der Waals surface area contributed by atoms with E-state index in [1.54, 1.807) is 0 Å². The Bertz CT molecular complexity index is 697. The van der Waals surface area contributed by atoms with Crippen LogP contribution in [0.25, 0.3) is 11.1 Å². The Morgan fingerprint density at radius 2 is 1.70 bits per heavy atom. The molecule has 0 amide bonds. The Hall–Kier alpha value is -1.63. The molecular formula is C15H15IN4. The molecule has 0 fully saturated rings. The van der Waals surface area contributed by atoms with Crippen LogP contribution in [0, 0.1) is 3.57 Å². The van der Waals surface area contributed by atoms with Crippen LogP contribution in [-0.4, -0.2) is 19.6 Å². The van der Waals surface area contributed by atoms with E-state index in [1.165, 1.54) is 14.7 Å². The summed E-state index contributed by atoms with van der Waals surface area (Å²) in [6.07, 6.45) is 7.94. The number of aromatic nitrogens is 4. The summed E-state index contributed by atoms with van der Waals surface area (Å²) in [5, 5.41) is 8.70. The van der Waals surface area contributed by atoms with Gasteiger partial charge in [-0.05, 0) is 47.2 Å². The highest BCUT2D eigenvalue weighted by atomic mass is 127. The number of hydrogen-bond donors (Lipinski definition) is 0. The van der Waals surface area contributed by atoms with Crippen molar-refractivity contribution in [3.8, 4) is 11.1 Å². The van der Waals surface area contributed by atoms with E-state index in [0.717, 1.165) is 18.7 Å². The lowest BCUT2D eigenvalue weighted by Crippen LogP contribution is -1.99. The predicted molar refractivity (Wildman–Crippen MR) is 87.4 cm³/mol. The molecule has 0 unspecified atom stereocenters. The van der Waals surface area contributed by atoms with Crippen molar-refractivity contribution >= 4 is 22.6 Å². The van der Waals surface area contributed by atoms with Gasteiger partial charge in [0.25, 0.3) is 0 Å². The van der Waals surface area contributed by atoms with Gasteiger partial charge >= 0.3 is 0 Å². The van der Waals surface area contributed by atoms with Crippen molar-refractivity contribution in [2.24, 2.45) is 0 Å². The Balaban J connectivity index is 1.78. The highest BCUT2D eigenvalue weighted by molar-refractivity contribution is 14.1. The normalized spacial score (nSPS) is 10.9. The second kappa shape index (κ2) is 5.78. The van der Waals surface area contributed by atoms with Gasteiger partial charge in [-0.1, -0.05) is 12.1 Å². The molecule has 2 aromatic heterocycles. The highest BCUT2D eigenvalue weighted by Gasteiger charge is 2.04. The molecule has 3 aromatic rings. The van der Waals surface area contributed by atoms with E-state index >= 15 is 0 Å². The highest BCUT2D eigenvalue weighted by Crippen LogP contribution is 2.20. The maximum absolute atomic E-state index is 4.42. The number of hydrogen-bond acceptors (Lipinski definition) is 2. The van der Waals surface area contributed by atoms with E-state index in [4.69, 9.17) is 0 Å². The van der Waals surface area contributed by atoms with Crippen LogP contribution in [0.4, 0.5) is 0 Å². The van der Waals surface area contributed by atoms with Crippen molar-refractivity contribution in [1.29, 1.82) is 0 Å². The van der Waals surface area contributed by atoms with Crippen molar-refractivity contribution in [2.75, 3.05) is 0 Å². The van der Waals surface area contributed by atoms with Gasteiger partial charge in [-0.15, -0.1) is 0 Å². The summed E-state index contributed by atoms with van der Waals surface area (Å²) in [5.41, 5.74) is 3.51. The summed E-state index contributed by atoms with van der Waals surface area (Å²) in [4.78, 5) is 0. The molecular weight excluding hydrogens is 363 g/mol. The lowest BCUT2D eigenvalue weighted by Gasteiger charge is -1.98. The summed E-state index contributed by atoms with van der Waals surface area (Å²) in [6.45, 7) is 3.73. The van der Waals surface area contributed by atoms with Crippen LogP contribution in [0.5, 0.6) is 0 Å². The first-order chi connectivity index (χ1) is 9.74. The van der Waals surface area contributed by atoms with E-state index in [1.807, 2.05) is 21.8 Å². The Labute approximate surface area is 131 Å². The van der Waals surface area contributed by atoms with Gasteiger partial charge in [0.2, 0.25) is 0 Å². The summed E-state index contributed by atoms with van der Waals surface area (Å²) >= 11 is 2.31. The summed E-state index contributed by atoms with van der Waals surface area (Å²) in [6, 6.07) is 8.47. The second-order valence-electron chi connectivity index (χ2n) is 4.64. The molecule has 0 aliphatic heterocycles. The lowest BCUT2D eigenvalue weighted by atomic mass is 10.1. The number of benzene rings is 1. The zero-order chi connectivity index (χ0) is 13.9. The minimum Gasteiger partial charge on any atom is -0.273 e. The standard InChI is InChI=1S/C15H15IN4/c1-2-19-9-12(7-17-19)10-20-11-14(8-18-20)13-3-5-15(16)6-4-13/h3-9,11H,2,10H2,1H3. The smallest absolute Gasteiger partial charge is 0.0690 e. The van der Waals surface area contributed by atoms with E-state index in [-0.39, 0.29) is 0 Å². The predicted octanol–water partition coefficient (Wildman–Crippen LogP) is 3.42. The van der Waals surface area contributed by atoms with Crippen molar-refractivity contribution < 1.29 is 0 Å². The SMILES string of the molecule is CCn1cc(Cn2cc(-c3ccc(I)cc3)cn2)cn1. The molecule has 3 rings (SSSR count). The van der Waals surface area contributed by atoms with Crippen LogP contribution in [0.3, 0.4) is 0 Å². The molecule has 1 aromatic carbocycles. The van der Waals surface area contributed by atoms with E-state index in [9.17, 15) is 0 Å². The molecule has 0 saturated heterocycles. The number of aryl methyl sites for hydroxylation is 1. The molecule has 0 bridgehead atoms. The molecule has 4 nitrogen and oxygen atoms in total. The summed E-state index contributed by atoms with van der Waals surface area (Å²) < 4.78 is 5.12. The van der Waals surface area contributed by atoms with E-state index in [0.29, 0.717) is 0 Å². The fraction of sp³-hybridized carbons (Fsp3) is 0.200. The fourth-order valence-electron chi connectivity index (χ4n) is 2.09. The monoisotopic (exact) mass is 378 g/mol. The van der Waals surface area contributed by atoms with Crippen LogP contribution in [0.2, 0.25) is 0 Å². The van der Waals surface area contributed by atoms with Gasteiger partial charge in [0.1, 0.15) is 0 Å². The fourth-order valence-corrected chi connectivity index (χ4v) is 2.45. The number of halogens is 1.